The average Bonchev–Trinajstić information content (AvgIpc) is 2.58. The summed E-state index contributed by atoms with van der Waals surface area (Å²) >= 11 is 0. The molecule has 1 aliphatic rings. The van der Waals surface area contributed by atoms with Crippen LogP contribution in [-0.4, -0.2) is 11.3 Å². The van der Waals surface area contributed by atoms with E-state index in [9.17, 15) is 4.79 Å². The van der Waals surface area contributed by atoms with Gasteiger partial charge in [-0.25, -0.2) is 4.98 Å². The third kappa shape index (κ3) is 2.40. The van der Waals surface area contributed by atoms with Gasteiger partial charge in [0.2, 0.25) is 0 Å². The lowest BCUT2D eigenvalue weighted by Gasteiger charge is -2.14. The SMILES string of the molecule is Nc1ncc(C2CCCCCC2)cc1C=O. The maximum Gasteiger partial charge on any atom is 0.153 e. The van der Waals surface area contributed by atoms with E-state index in [0.717, 1.165) is 6.29 Å². The molecule has 2 N–H and O–H groups in total. The molecule has 0 atom stereocenters. The maximum atomic E-state index is 10.8. The lowest BCUT2D eigenvalue weighted by atomic mass is 9.92. The molecule has 0 aliphatic heterocycles. The van der Waals surface area contributed by atoms with Gasteiger partial charge in [-0.2, -0.15) is 0 Å². The highest BCUT2D eigenvalue weighted by atomic mass is 16.1. The van der Waals surface area contributed by atoms with E-state index < -0.39 is 0 Å². The molecule has 0 radical (unpaired) electrons. The largest absolute Gasteiger partial charge is 0.383 e. The summed E-state index contributed by atoms with van der Waals surface area (Å²) in [7, 11) is 0. The fraction of sp³-hybridized carbons (Fsp3) is 0.538. The summed E-state index contributed by atoms with van der Waals surface area (Å²) in [6.45, 7) is 0. The van der Waals surface area contributed by atoms with Crippen LogP contribution in [0.5, 0.6) is 0 Å². The van der Waals surface area contributed by atoms with Gasteiger partial charge in [0.1, 0.15) is 5.82 Å². The van der Waals surface area contributed by atoms with Crippen LogP contribution in [0.25, 0.3) is 0 Å². The molecule has 3 nitrogen and oxygen atoms in total. The minimum Gasteiger partial charge on any atom is -0.383 e. The number of nitrogens with two attached hydrogens (primary N) is 1. The molecule has 0 amide bonds. The Hall–Kier alpha value is -1.38. The molecule has 1 heterocycles. The first kappa shape index (κ1) is 11.1. The maximum absolute atomic E-state index is 10.8. The highest BCUT2D eigenvalue weighted by Gasteiger charge is 2.15. The molecule has 1 aromatic heterocycles. The van der Waals surface area contributed by atoms with Crippen molar-refractivity contribution in [2.24, 2.45) is 0 Å². The van der Waals surface area contributed by atoms with E-state index in [1.54, 1.807) is 0 Å². The van der Waals surface area contributed by atoms with Gasteiger partial charge in [0.25, 0.3) is 0 Å². The van der Waals surface area contributed by atoms with Crippen molar-refractivity contribution < 1.29 is 4.79 Å². The molecule has 1 aliphatic carbocycles. The van der Waals surface area contributed by atoms with Crippen LogP contribution in [-0.2, 0) is 0 Å². The number of hydrogen-bond acceptors (Lipinski definition) is 3. The standard InChI is InChI=1S/C13H18N2O/c14-13-12(9-16)7-11(8-15-13)10-5-3-1-2-4-6-10/h7-10H,1-6H2,(H2,14,15). The quantitative estimate of drug-likeness (QED) is 0.613. The number of rotatable bonds is 2. The van der Waals surface area contributed by atoms with Gasteiger partial charge in [0.15, 0.2) is 6.29 Å². The smallest absolute Gasteiger partial charge is 0.153 e. The van der Waals surface area contributed by atoms with Crippen LogP contribution in [0.4, 0.5) is 5.82 Å². The molecular weight excluding hydrogens is 200 g/mol. The number of aromatic nitrogens is 1. The summed E-state index contributed by atoms with van der Waals surface area (Å²) in [5.74, 6) is 0.904. The zero-order valence-electron chi connectivity index (χ0n) is 9.48. The normalized spacial score (nSPS) is 18.0. The fourth-order valence-electron chi connectivity index (χ4n) is 2.44. The Morgan fingerprint density at radius 1 is 1.25 bits per heavy atom. The molecule has 1 aromatic rings. The minimum atomic E-state index is 0.340. The van der Waals surface area contributed by atoms with Crippen LogP contribution < -0.4 is 5.73 Å². The van der Waals surface area contributed by atoms with Gasteiger partial charge in [-0.3, -0.25) is 4.79 Å². The number of aldehydes is 1. The van der Waals surface area contributed by atoms with Gasteiger partial charge in [-0.05, 0) is 30.4 Å². The van der Waals surface area contributed by atoms with Gasteiger partial charge in [-0.15, -0.1) is 0 Å². The minimum absolute atomic E-state index is 0.340. The lowest BCUT2D eigenvalue weighted by molar-refractivity contribution is 0.112. The Balaban J connectivity index is 2.21. The van der Waals surface area contributed by atoms with Gasteiger partial charge >= 0.3 is 0 Å². The van der Waals surface area contributed by atoms with E-state index in [4.69, 9.17) is 5.73 Å². The van der Waals surface area contributed by atoms with Crippen LogP contribution in [0.2, 0.25) is 0 Å². The van der Waals surface area contributed by atoms with Gasteiger partial charge < -0.3 is 5.73 Å². The van der Waals surface area contributed by atoms with Crippen LogP contribution in [0.15, 0.2) is 12.3 Å². The molecule has 1 fully saturated rings. The number of nitrogen functional groups attached to an aromatic ring is 1. The van der Waals surface area contributed by atoms with Crippen molar-refractivity contribution in [3.8, 4) is 0 Å². The number of carbonyl (C=O) groups excluding carboxylic acids is 1. The second kappa shape index (κ2) is 5.10. The highest BCUT2D eigenvalue weighted by molar-refractivity contribution is 5.81. The van der Waals surface area contributed by atoms with E-state index in [2.05, 4.69) is 4.98 Å². The monoisotopic (exact) mass is 218 g/mol. The molecule has 16 heavy (non-hydrogen) atoms. The molecule has 1 saturated carbocycles. The Labute approximate surface area is 96.1 Å². The molecule has 86 valence electrons. The highest BCUT2D eigenvalue weighted by Crippen LogP contribution is 2.31. The van der Waals surface area contributed by atoms with Crippen molar-refractivity contribution in [2.45, 2.75) is 44.4 Å². The van der Waals surface area contributed by atoms with Crippen molar-refractivity contribution in [2.75, 3.05) is 5.73 Å². The van der Waals surface area contributed by atoms with E-state index in [1.165, 1.54) is 44.1 Å². The molecule has 0 unspecified atom stereocenters. The first-order chi connectivity index (χ1) is 7.81. The van der Waals surface area contributed by atoms with Crippen LogP contribution in [0, 0.1) is 0 Å². The molecule has 0 bridgehead atoms. The second-order valence-electron chi connectivity index (χ2n) is 4.55. The first-order valence-corrected chi connectivity index (χ1v) is 6.02. The second-order valence-corrected chi connectivity index (χ2v) is 4.55. The fourth-order valence-corrected chi connectivity index (χ4v) is 2.44. The van der Waals surface area contributed by atoms with Crippen molar-refractivity contribution in [1.82, 2.24) is 4.98 Å². The van der Waals surface area contributed by atoms with Crippen molar-refractivity contribution in [3.63, 3.8) is 0 Å². The predicted octanol–water partition coefficient (Wildman–Crippen LogP) is 2.91. The van der Waals surface area contributed by atoms with Crippen molar-refractivity contribution in [3.05, 3.63) is 23.4 Å². The van der Waals surface area contributed by atoms with Gasteiger partial charge in [0, 0.05) is 6.20 Å². The molecule has 3 heteroatoms. The van der Waals surface area contributed by atoms with E-state index in [0.29, 0.717) is 17.3 Å². The van der Waals surface area contributed by atoms with Gasteiger partial charge in [0.05, 0.1) is 5.56 Å². The predicted molar refractivity (Wildman–Crippen MR) is 64.5 cm³/mol. The Morgan fingerprint density at radius 2 is 1.94 bits per heavy atom. The summed E-state index contributed by atoms with van der Waals surface area (Å²) in [5, 5.41) is 0. The summed E-state index contributed by atoms with van der Waals surface area (Å²) in [4.78, 5) is 14.9. The average molecular weight is 218 g/mol. The number of nitrogens with zero attached hydrogens (tertiary/aromatic N) is 1. The van der Waals surface area contributed by atoms with Crippen molar-refractivity contribution in [1.29, 1.82) is 0 Å². The summed E-state index contributed by atoms with van der Waals surface area (Å²) < 4.78 is 0. The lowest BCUT2D eigenvalue weighted by Crippen LogP contribution is -2.03. The van der Waals surface area contributed by atoms with Crippen LogP contribution >= 0.6 is 0 Å². The third-order valence-corrected chi connectivity index (χ3v) is 3.42. The molecule has 0 saturated heterocycles. The first-order valence-electron chi connectivity index (χ1n) is 6.02. The van der Waals surface area contributed by atoms with Gasteiger partial charge in [-0.1, -0.05) is 25.7 Å². The van der Waals surface area contributed by atoms with E-state index >= 15 is 0 Å². The number of pyridine rings is 1. The number of anilines is 1. The van der Waals surface area contributed by atoms with Crippen LogP contribution in [0.3, 0.4) is 0 Å². The Bertz CT molecular complexity index is 368. The molecule has 0 aromatic carbocycles. The number of carbonyl (C=O) groups is 1. The Morgan fingerprint density at radius 3 is 2.56 bits per heavy atom. The van der Waals surface area contributed by atoms with Crippen molar-refractivity contribution >= 4 is 12.1 Å². The summed E-state index contributed by atoms with van der Waals surface area (Å²) in [5.41, 5.74) is 7.33. The topological polar surface area (TPSA) is 56.0 Å². The zero-order valence-corrected chi connectivity index (χ0v) is 9.48. The molecular formula is C13H18N2O. The Kier molecular flexibility index (Phi) is 3.54. The van der Waals surface area contributed by atoms with Crippen LogP contribution in [0.1, 0.15) is 60.4 Å². The third-order valence-electron chi connectivity index (χ3n) is 3.42. The molecule has 2 rings (SSSR count). The number of hydrogen-bond donors (Lipinski definition) is 1. The molecule has 0 spiro atoms. The van der Waals surface area contributed by atoms with E-state index in [-0.39, 0.29) is 0 Å². The zero-order chi connectivity index (χ0) is 11.4. The summed E-state index contributed by atoms with van der Waals surface area (Å²) in [6, 6.07) is 1.91. The van der Waals surface area contributed by atoms with E-state index in [1.807, 2.05) is 12.3 Å². The summed E-state index contributed by atoms with van der Waals surface area (Å²) in [6.07, 6.45) is 10.3.